The van der Waals surface area contributed by atoms with Crippen LogP contribution in [0.3, 0.4) is 0 Å². The summed E-state index contributed by atoms with van der Waals surface area (Å²) in [4.78, 5) is 9.36. The monoisotopic (exact) mass is 712 g/mol. The summed E-state index contributed by atoms with van der Waals surface area (Å²) in [6.07, 6.45) is 3.71. The molecule has 11 rings (SSSR count). The van der Waals surface area contributed by atoms with E-state index < -0.39 is 0 Å². The van der Waals surface area contributed by atoms with E-state index in [0.717, 1.165) is 44.1 Å². The number of pyridine rings is 2. The van der Waals surface area contributed by atoms with Gasteiger partial charge in [0, 0.05) is 45.1 Å². The van der Waals surface area contributed by atoms with Crippen LogP contribution < -0.4 is 0 Å². The third kappa shape index (κ3) is 4.60. The molecule has 262 valence electrons. The summed E-state index contributed by atoms with van der Waals surface area (Å²) in [6.45, 7) is 9.51. The average molecular weight is 713 g/mol. The maximum Gasteiger partial charge on any atom is 0.121 e. The van der Waals surface area contributed by atoms with Gasteiger partial charge in [-0.2, -0.15) is 0 Å². The molecule has 0 aliphatic heterocycles. The third-order valence-electron chi connectivity index (χ3n) is 12.5. The van der Waals surface area contributed by atoms with Crippen LogP contribution in [-0.2, 0) is 10.8 Å². The van der Waals surface area contributed by atoms with E-state index in [1.807, 2.05) is 24.5 Å². The molecule has 2 aromatic heterocycles. The van der Waals surface area contributed by atoms with Crippen molar-refractivity contribution in [3.8, 4) is 45.9 Å². The molecule has 2 aliphatic rings. The van der Waals surface area contributed by atoms with Crippen LogP contribution in [0.15, 0.2) is 146 Å². The second-order valence-electron chi connectivity index (χ2n) is 16.2. The van der Waals surface area contributed by atoms with Crippen molar-refractivity contribution in [1.29, 1.82) is 0 Å². The van der Waals surface area contributed by atoms with Gasteiger partial charge >= 0.3 is 0 Å². The SMILES string of the molecule is CC1(C)c2cc3c(cc2-c2c1cc(C#Cc1nccc4ccccc14)c1ccccc21)C(C)(C)c1cc(C#Cc2nccc4ccccc24)c2ccccc2c1-3. The van der Waals surface area contributed by atoms with Gasteiger partial charge in [0.25, 0.3) is 0 Å². The lowest BCUT2D eigenvalue weighted by Crippen LogP contribution is -2.17. The van der Waals surface area contributed by atoms with Crippen molar-refractivity contribution >= 4 is 43.1 Å². The predicted molar refractivity (Wildman–Crippen MR) is 232 cm³/mol. The maximum absolute atomic E-state index is 4.68. The van der Waals surface area contributed by atoms with Gasteiger partial charge in [-0.3, -0.25) is 0 Å². The van der Waals surface area contributed by atoms with E-state index in [2.05, 4.69) is 183 Å². The van der Waals surface area contributed by atoms with Crippen molar-refractivity contribution < 1.29 is 0 Å². The molecule has 0 N–H and O–H groups in total. The van der Waals surface area contributed by atoms with Crippen molar-refractivity contribution in [1.82, 2.24) is 9.97 Å². The van der Waals surface area contributed by atoms with Gasteiger partial charge in [0.1, 0.15) is 11.4 Å². The second kappa shape index (κ2) is 11.7. The molecular weight excluding hydrogens is 677 g/mol. The molecule has 2 aliphatic carbocycles. The Kier molecular flexibility index (Phi) is 6.80. The summed E-state index contributed by atoms with van der Waals surface area (Å²) >= 11 is 0. The van der Waals surface area contributed by atoms with Crippen LogP contribution in [0, 0.1) is 23.7 Å². The number of benzene rings is 7. The van der Waals surface area contributed by atoms with Gasteiger partial charge in [-0.05, 0) is 125 Å². The highest BCUT2D eigenvalue weighted by Gasteiger charge is 2.43. The zero-order valence-electron chi connectivity index (χ0n) is 31.8. The highest BCUT2D eigenvalue weighted by atomic mass is 14.7. The van der Waals surface area contributed by atoms with E-state index in [9.17, 15) is 0 Å². The molecular formula is C54H36N2. The van der Waals surface area contributed by atoms with Gasteiger partial charge in [0.05, 0.1) is 0 Å². The van der Waals surface area contributed by atoms with E-state index in [1.54, 1.807) is 0 Å². The fourth-order valence-electron chi connectivity index (χ4n) is 9.55. The van der Waals surface area contributed by atoms with E-state index in [-0.39, 0.29) is 10.8 Å². The van der Waals surface area contributed by atoms with Gasteiger partial charge in [-0.1, -0.05) is 137 Å². The Bertz CT molecular complexity index is 3090. The van der Waals surface area contributed by atoms with Crippen LogP contribution in [0.25, 0.3) is 65.3 Å². The zero-order chi connectivity index (χ0) is 37.8. The predicted octanol–water partition coefficient (Wildman–Crippen LogP) is 12.5. The standard InChI is InChI=1S/C54H36N2/c1-53(2)45-31-44-46(32-43(45)51-41-19-11-9-15-37(41)35(29-47(51)53)21-23-49-39-17-7-5-13-33(39)25-27-55-49)54(3,4)48-30-36(38-16-10-12-20-42(38)52(44)48)22-24-50-40-18-8-6-14-34(40)26-28-56-50/h5-20,25-32H,1-4H3. The van der Waals surface area contributed by atoms with Crippen molar-refractivity contribution in [2.75, 3.05) is 0 Å². The molecule has 0 saturated carbocycles. The molecule has 0 unspecified atom stereocenters. The van der Waals surface area contributed by atoms with E-state index in [1.165, 1.54) is 66.1 Å². The molecule has 7 aromatic carbocycles. The molecule has 0 bridgehead atoms. The largest absolute Gasteiger partial charge is 0.247 e. The highest BCUT2D eigenvalue weighted by Crippen LogP contribution is 2.58. The first-order chi connectivity index (χ1) is 27.3. The minimum atomic E-state index is -0.239. The zero-order valence-corrected chi connectivity index (χ0v) is 31.8. The molecule has 2 nitrogen and oxygen atoms in total. The lowest BCUT2D eigenvalue weighted by Gasteiger charge is -2.24. The molecule has 0 spiro atoms. The van der Waals surface area contributed by atoms with Gasteiger partial charge in [0.15, 0.2) is 0 Å². The molecule has 2 heterocycles. The van der Waals surface area contributed by atoms with Crippen LogP contribution in [0.5, 0.6) is 0 Å². The van der Waals surface area contributed by atoms with Crippen LogP contribution in [-0.4, -0.2) is 9.97 Å². The molecule has 56 heavy (non-hydrogen) atoms. The number of fused-ring (bicyclic) bond motifs is 12. The number of aromatic nitrogens is 2. The Morgan fingerprint density at radius 2 is 0.750 bits per heavy atom. The molecule has 0 fully saturated rings. The minimum absolute atomic E-state index is 0.239. The summed E-state index contributed by atoms with van der Waals surface area (Å²) in [5, 5.41) is 9.26. The van der Waals surface area contributed by atoms with Crippen molar-refractivity contribution in [3.63, 3.8) is 0 Å². The Morgan fingerprint density at radius 1 is 0.375 bits per heavy atom. The van der Waals surface area contributed by atoms with Gasteiger partial charge in [-0.15, -0.1) is 0 Å². The Balaban J connectivity index is 1.09. The summed E-state index contributed by atoms with van der Waals surface area (Å²) < 4.78 is 0. The highest BCUT2D eigenvalue weighted by molar-refractivity contribution is 6.09. The van der Waals surface area contributed by atoms with E-state index >= 15 is 0 Å². The summed E-state index contributed by atoms with van der Waals surface area (Å²) in [5.41, 5.74) is 13.8. The average Bonchev–Trinajstić information content (AvgIpc) is 3.59. The molecule has 0 radical (unpaired) electrons. The van der Waals surface area contributed by atoms with Gasteiger partial charge in [-0.25, -0.2) is 9.97 Å². The fraction of sp³-hybridized carbons (Fsp3) is 0.111. The Labute approximate surface area is 326 Å². The first-order valence-electron chi connectivity index (χ1n) is 19.3. The van der Waals surface area contributed by atoms with Gasteiger partial charge in [0.2, 0.25) is 0 Å². The number of hydrogen-bond acceptors (Lipinski definition) is 2. The van der Waals surface area contributed by atoms with Crippen molar-refractivity contribution in [3.05, 3.63) is 191 Å². The van der Waals surface area contributed by atoms with E-state index in [0.29, 0.717) is 0 Å². The Hall–Kier alpha value is -7.00. The van der Waals surface area contributed by atoms with E-state index in [4.69, 9.17) is 0 Å². The molecule has 0 saturated heterocycles. The smallest absolute Gasteiger partial charge is 0.121 e. The van der Waals surface area contributed by atoms with Crippen LogP contribution in [0.1, 0.15) is 72.5 Å². The normalized spacial score (nSPS) is 14.1. The van der Waals surface area contributed by atoms with Crippen LogP contribution in [0.2, 0.25) is 0 Å². The second-order valence-corrected chi connectivity index (χ2v) is 16.2. The Morgan fingerprint density at radius 3 is 1.18 bits per heavy atom. The van der Waals surface area contributed by atoms with Crippen LogP contribution >= 0.6 is 0 Å². The lowest BCUT2D eigenvalue weighted by molar-refractivity contribution is 0.652. The van der Waals surface area contributed by atoms with Crippen molar-refractivity contribution in [2.45, 2.75) is 38.5 Å². The number of rotatable bonds is 0. The summed E-state index contributed by atoms with van der Waals surface area (Å²) in [5.74, 6) is 14.1. The summed E-state index contributed by atoms with van der Waals surface area (Å²) in [7, 11) is 0. The maximum atomic E-state index is 4.68. The van der Waals surface area contributed by atoms with Gasteiger partial charge < -0.3 is 0 Å². The lowest BCUT2D eigenvalue weighted by atomic mass is 9.79. The number of nitrogens with zero attached hydrogens (tertiary/aromatic N) is 2. The minimum Gasteiger partial charge on any atom is -0.247 e. The van der Waals surface area contributed by atoms with Crippen molar-refractivity contribution in [2.24, 2.45) is 0 Å². The third-order valence-corrected chi connectivity index (χ3v) is 12.5. The quantitative estimate of drug-likeness (QED) is 0.146. The molecule has 9 aromatic rings. The number of hydrogen-bond donors (Lipinski definition) is 0. The topological polar surface area (TPSA) is 25.8 Å². The first-order valence-corrected chi connectivity index (χ1v) is 19.3. The van der Waals surface area contributed by atoms with Crippen LogP contribution in [0.4, 0.5) is 0 Å². The molecule has 0 atom stereocenters. The first kappa shape index (κ1) is 32.4. The molecule has 0 amide bonds. The summed E-state index contributed by atoms with van der Waals surface area (Å²) in [6, 6.07) is 48.0. The fourth-order valence-corrected chi connectivity index (χ4v) is 9.55. The molecule has 2 heteroatoms.